The van der Waals surface area contributed by atoms with Crippen LogP contribution < -0.4 is 5.73 Å². The van der Waals surface area contributed by atoms with E-state index in [0.29, 0.717) is 0 Å². The Hall–Kier alpha value is -0.340. The molecular formula is C12H19NS. The van der Waals surface area contributed by atoms with Gasteiger partial charge < -0.3 is 5.73 Å². The van der Waals surface area contributed by atoms with Crippen molar-refractivity contribution < 1.29 is 0 Å². The zero-order chi connectivity index (χ0) is 10.1. The highest BCUT2D eigenvalue weighted by molar-refractivity contribution is 7.10. The average molecular weight is 209 g/mol. The second-order valence-electron chi connectivity index (χ2n) is 4.61. The van der Waals surface area contributed by atoms with Gasteiger partial charge in [0.05, 0.1) is 0 Å². The van der Waals surface area contributed by atoms with E-state index in [9.17, 15) is 0 Å². The van der Waals surface area contributed by atoms with Gasteiger partial charge in [0.1, 0.15) is 0 Å². The quantitative estimate of drug-likeness (QED) is 0.796. The standard InChI is InChI=1S/C12H19NS/c1-8(2)9-3-4-11-10(6-13)7-14-12(11)5-9/h7-9H,3-6,13H2,1-2H3. The number of thiophene rings is 1. The fourth-order valence-electron chi connectivity index (χ4n) is 2.35. The molecule has 1 aromatic rings. The van der Waals surface area contributed by atoms with Crippen LogP contribution in [0.4, 0.5) is 0 Å². The van der Waals surface area contributed by atoms with Crippen LogP contribution in [0.1, 0.15) is 36.3 Å². The summed E-state index contributed by atoms with van der Waals surface area (Å²) in [6.45, 7) is 5.40. The summed E-state index contributed by atoms with van der Waals surface area (Å²) in [5.74, 6) is 1.72. The van der Waals surface area contributed by atoms with Crippen molar-refractivity contribution in [1.82, 2.24) is 0 Å². The lowest BCUT2D eigenvalue weighted by Gasteiger charge is -2.25. The molecule has 0 amide bonds. The fourth-order valence-corrected chi connectivity index (χ4v) is 3.55. The predicted octanol–water partition coefficient (Wildman–Crippen LogP) is 2.97. The molecule has 0 saturated carbocycles. The van der Waals surface area contributed by atoms with Gasteiger partial charge in [-0.15, -0.1) is 11.3 Å². The van der Waals surface area contributed by atoms with Gasteiger partial charge in [0, 0.05) is 11.4 Å². The summed E-state index contributed by atoms with van der Waals surface area (Å²) in [6, 6.07) is 0. The molecule has 1 aliphatic carbocycles. The molecule has 1 aromatic heterocycles. The number of nitrogens with two attached hydrogens (primary N) is 1. The van der Waals surface area contributed by atoms with E-state index >= 15 is 0 Å². The summed E-state index contributed by atoms with van der Waals surface area (Å²) in [4.78, 5) is 1.61. The Balaban J connectivity index is 2.20. The van der Waals surface area contributed by atoms with Gasteiger partial charge in [-0.25, -0.2) is 0 Å². The summed E-state index contributed by atoms with van der Waals surface area (Å²) < 4.78 is 0. The molecule has 0 bridgehead atoms. The lowest BCUT2D eigenvalue weighted by atomic mass is 9.81. The third-order valence-electron chi connectivity index (χ3n) is 3.44. The van der Waals surface area contributed by atoms with Gasteiger partial charge in [-0.05, 0) is 47.6 Å². The normalized spacial score (nSPS) is 21.3. The minimum Gasteiger partial charge on any atom is -0.326 e. The van der Waals surface area contributed by atoms with Crippen molar-refractivity contribution in [2.45, 2.75) is 39.7 Å². The highest BCUT2D eigenvalue weighted by atomic mass is 32.1. The fraction of sp³-hybridized carbons (Fsp3) is 0.667. The number of hydrogen-bond donors (Lipinski definition) is 1. The Morgan fingerprint density at radius 3 is 3.00 bits per heavy atom. The van der Waals surface area contributed by atoms with Crippen LogP contribution in [0, 0.1) is 11.8 Å². The smallest absolute Gasteiger partial charge is 0.0189 e. The van der Waals surface area contributed by atoms with Crippen molar-refractivity contribution in [3.05, 3.63) is 21.4 Å². The maximum Gasteiger partial charge on any atom is 0.0189 e. The molecular weight excluding hydrogens is 190 g/mol. The van der Waals surface area contributed by atoms with Crippen LogP contribution in [-0.4, -0.2) is 0 Å². The molecule has 2 heteroatoms. The van der Waals surface area contributed by atoms with Gasteiger partial charge in [-0.3, -0.25) is 0 Å². The Kier molecular flexibility index (Phi) is 2.93. The van der Waals surface area contributed by atoms with Crippen molar-refractivity contribution in [3.63, 3.8) is 0 Å². The first kappa shape index (κ1) is 10.2. The summed E-state index contributed by atoms with van der Waals surface area (Å²) in [6.07, 6.45) is 3.90. The van der Waals surface area contributed by atoms with E-state index in [2.05, 4.69) is 19.2 Å². The third-order valence-corrected chi connectivity index (χ3v) is 4.54. The van der Waals surface area contributed by atoms with Gasteiger partial charge in [0.15, 0.2) is 0 Å². The van der Waals surface area contributed by atoms with Crippen LogP contribution in [-0.2, 0) is 19.4 Å². The zero-order valence-electron chi connectivity index (χ0n) is 9.05. The molecule has 14 heavy (non-hydrogen) atoms. The molecule has 2 rings (SSSR count). The second-order valence-corrected chi connectivity index (χ2v) is 5.58. The van der Waals surface area contributed by atoms with Gasteiger partial charge in [-0.2, -0.15) is 0 Å². The first-order chi connectivity index (χ1) is 6.72. The summed E-state index contributed by atoms with van der Waals surface area (Å²) in [7, 11) is 0. The Morgan fingerprint density at radius 2 is 2.36 bits per heavy atom. The maximum atomic E-state index is 5.72. The molecule has 1 unspecified atom stereocenters. The van der Waals surface area contributed by atoms with Crippen LogP contribution in [0.25, 0.3) is 0 Å². The van der Waals surface area contributed by atoms with Crippen molar-refractivity contribution >= 4 is 11.3 Å². The lowest BCUT2D eigenvalue weighted by molar-refractivity contribution is 0.345. The molecule has 1 heterocycles. The molecule has 2 N–H and O–H groups in total. The van der Waals surface area contributed by atoms with Gasteiger partial charge in [-0.1, -0.05) is 13.8 Å². The minimum absolute atomic E-state index is 0.720. The molecule has 0 saturated heterocycles. The van der Waals surface area contributed by atoms with Gasteiger partial charge in [0.2, 0.25) is 0 Å². The number of hydrogen-bond acceptors (Lipinski definition) is 2. The van der Waals surface area contributed by atoms with Crippen molar-refractivity contribution in [2.24, 2.45) is 17.6 Å². The molecule has 0 radical (unpaired) electrons. The lowest BCUT2D eigenvalue weighted by Crippen LogP contribution is -2.18. The molecule has 1 aliphatic rings. The molecule has 0 aliphatic heterocycles. The first-order valence-electron chi connectivity index (χ1n) is 5.50. The van der Waals surface area contributed by atoms with E-state index in [1.165, 1.54) is 24.8 Å². The van der Waals surface area contributed by atoms with Crippen molar-refractivity contribution in [2.75, 3.05) is 0 Å². The number of fused-ring (bicyclic) bond motifs is 1. The summed E-state index contributed by atoms with van der Waals surface area (Å²) >= 11 is 1.92. The molecule has 0 fully saturated rings. The summed E-state index contributed by atoms with van der Waals surface area (Å²) in [5.41, 5.74) is 8.69. The predicted molar refractivity (Wildman–Crippen MR) is 62.6 cm³/mol. The Bertz CT molecular complexity index is 314. The van der Waals surface area contributed by atoms with Gasteiger partial charge in [0.25, 0.3) is 0 Å². The van der Waals surface area contributed by atoms with Crippen molar-refractivity contribution in [3.8, 4) is 0 Å². The highest BCUT2D eigenvalue weighted by Gasteiger charge is 2.23. The Labute approximate surface area is 90.3 Å². The topological polar surface area (TPSA) is 26.0 Å². The van der Waals surface area contributed by atoms with Gasteiger partial charge >= 0.3 is 0 Å². The van der Waals surface area contributed by atoms with E-state index < -0.39 is 0 Å². The minimum atomic E-state index is 0.720. The highest BCUT2D eigenvalue weighted by Crippen LogP contribution is 2.35. The average Bonchev–Trinajstić information content (AvgIpc) is 2.59. The largest absolute Gasteiger partial charge is 0.326 e. The Morgan fingerprint density at radius 1 is 1.57 bits per heavy atom. The SMILES string of the molecule is CC(C)C1CCc2c(CN)csc2C1. The summed E-state index contributed by atoms with van der Waals surface area (Å²) in [5, 5.41) is 2.26. The second kappa shape index (κ2) is 4.03. The van der Waals surface area contributed by atoms with E-state index in [1.807, 2.05) is 11.3 Å². The molecule has 78 valence electrons. The number of rotatable bonds is 2. The van der Waals surface area contributed by atoms with Crippen LogP contribution >= 0.6 is 11.3 Å². The van der Waals surface area contributed by atoms with Crippen molar-refractivity contribution in [1.29, 1.82) is 0 Å². The van der Waals surface area contributed by atoms with Crippen LogP contribution in [0.5, 0.6) is 0 Å². The third kappa shape index (κ3) is 1.73. The van der Waals surface area contributed by atoms with E-state index in [-0.39, 0.29) is 0 Å². The van der Waals surface area contributed by atoms with Crippen LogP contribution in [0.3, 0.4) is 0 Å². The molecule has 1 atom stereocenters. The monoisotopic (exact) mass is 209 g/mol. The van der Waals surface area contributed by atoms with E-state index in [0.717, 1.165) is 18.4 Å². The molecule has 1 nitrogen and oxygen atoms in total. The van der Waals surface area contributed by atoms with E-state index in [1.54, 1.807) is 10.4 Å². The van der Waals surface area contributed by atoms with E-state index in [4.69, 9.17) is 5.73 Å². The maximum absolute atomic E-state index is 5.72. The van der Waals surface area contributed by atoms with Crippen LogP contribution in [0.15, 0.2) is 5.38 Å². The molecule has 0 aromatic carbocycles. The molecule has 0 spiro atoms. The first-order valence-corrected chi connectivity index (χ1v) is 6.38. The van der Waals surface area contributed by atoms with Crippen LogP contribution in [0.2, 0.25) is 0 Å². The zero-order valence-corrected chi connectivity index (χ0v) is 9.86.